The van der Waals surface area contributed by atoms with Crippen LogP contribution >= 0.6 is 0 Å². The fourth-order valence-corrected chi connectivity index (χ4v) is 8.67. The van der Waals surface area contributed by atoms with Gasteiger partial charge in [0.05, 0.1) is 17.7 Å². The number of rotatable bonds is 3. The van der Waals surface area contributed by atoms with E-state index in [0.717, 1.165) is 63.1 Å². The predicted molar refractivity (Wildman–Crippen MR) is 133 cm³/mol. The van der Waals surface area contributed by atoms with Crippen molar-refractivity contribution >= 4 is 12.2 Å². The van der Waals surface area contributed by atoms with E-state index in [4.69, 9.17) is 0 Å². The molecule has 1 heterocycles. The molecule has 0 saturated heterocycles. The normalized spacial score (nSPS) is 47.8. The lowest BCUT2D eigenvalue weighted by atomic mass is 9.43. The van der Waals surface area contributed by atoms with Crippen LogP contribution in [0.2, 0.25) is 0 Å². The van der Waals surface area contributed by atoms with Crippen molar-refractivity contribution in [2.24, 2.45) is 38.7 Å². The van der Waals surface area contributed by atoms with Crippen LogP contribution in [0.25, 0.3) is 0 Å². The minimum Gasteiger partial charge on any atom is -0.389 e. The number of likely N-dealkylation sites (N-methyl/N-ethyl adjacent to an activating group) is 1. The molecule has 33 heavy (non-hydrogen) atoms. The van der Waals surface area contributed by atoms with E-state index in [9.17, 15) is 10.2 Å². The topological polar surface area (TPSA) is 80.5 Å². The number of guanidine groups is 1. The Bertz CT molecular complexity index is 870. The van der Waals surface area contributed by atoms with Gasteiger partial charge in [0.15, 0.2) is 0 Å². The third-order valence-electron chi connectivity index (χ3n) is 10.7. The van der Waals surface area contributed by atoms with Crippen molar-refractivity contribution in [1.29, 1.82) is 0 Å². The van der Waals surface area contributed by atoms with E-state index >= 15 is 0 Å². The molecule has 0 spiro atoms. The molecular formula is C27H44N4O2. The highest BCUT2D eigenvalue weighted by molar-refractivity contribution is 5.84. The van der Waals surface area contributed by atoms with Gasteiger partial charge in [-0.3, -0.25) is 0 Å². The summed E-state index contributed by atoms with van der Waals surface area (Å²) in [6.07, 6.45) is 14.5. The minimum atomic E-state index is -0.762. The number of nitrogens with zero attached hydrogens (tertiary/aromatic N) is 3. The van der Waals surface area contributed by atoms with Gasteiger partial charge >= 0.3 is 0 Å². The smallest absolute Gasteiger partial charge is 0.214 e. The average Bonchev–Trinajstić information content (AvgIpc) is 3.30. The Balaban J connectivity index is 1.27. The molecule has 0 bridgehead atoms. The first-order valence-electron chi connectivity index (χ1n) is 13.3. The first kappa shape index (κ1) is 23.3. The number of fused-ring (bicyclic) bond motifs is 5. The summed E-state index contributed by atoms with van der Waals surface area (Å²) in [6.45, 7) is 8.58. The van der Waals surface area contributed by atoms with Crippen molar-refractivity contribution in [1.82, 2.24) is 10.3 Å². The van der Waals surface area contributed by atoms with E-state index < -0.39 is 11.2 Å². The summed E-state index contributed by atoms with van der Waals surface area (Å²) in [4.78, 5) is 6.44. The Morgan fingerprint density at radius 3 is 2.67 bits per heavy atom. The van der Waals surface area contributed by atoms with Crippen molar-refractivity contribution in [3.63, 3.8) is 0 Å². The minimum absolute atomic E-state index is 0.124. The lowest BCUT2D eigenvalue weighted by Crippen LogP contribution is -2.61. The molecule has 4 aliphatic carbocycles. The Labute approximate surface area is 199 Å². The first-order valence-corrected chi connectivity index (χ1v) is 13.3. The Morgan fingerprint density at radius 2 is 1.91 bits per heavy atom. The molecule has 0 aromatic carbocycles. The molecule has 5 aliphatic rings. The largest absolute Gasteiger partial charge is 0.389 e. The molecule has 0 amide bonds. The maximum atomic E-state index is 11.9. The van der Waals surface area contributed by atoms with Crippen molar-refractivity contribution in [3.05, 3.63) is 11.6 Å². The summed E-state index contributed by atoms with van der Waals surface area (Å²) in [5, 5.41) is 27.8. The molecule has 0 unspecified atom stereocenters. The fraction of sp³-hybridized carbons (Fsp3) is 0.852. The standard InChI is InChI=1S/C27H44N4O2/c1-19(18-29-30-23-28-14-15-31(23)4)16-26(32)13-12-25(3)20(17-26)6-7-22-21(25)8-11-24(2)9-5-10-27(22,24)33/h16,18,20-22,32-33H,5-15,17H2,1-4H3,(H,28,30)/b19-16+,29-18+/t20-,21+,22-,24+,25+,26-,27+/m1/s1. The lowest BCUT2D eigenvalue weighted by molar-refractivity contribution is -0.206. The van der Waals surface area contributed by atoms with Gasteiger partial charge in [-0.15, -0.1) is 0 Å². The van der Waals surface area contributed by atoms with Crippen LogP contribution in [0, 0.1) is 28.6 Å². The van der Waals surface area contributed by atoms with E-state index in [1.54, 1.807) is 6.21 Å². The molecule has 0 aromatic rings. The molecular weight excluding hydrogens is 412 g/mol. The summed E-state index contributed by atoms with van der Waals surface area (Å²) in [5.41, 5.74) is 3.13. The van der Waals surface area contributed by atoms with Gasteiger partial charge in [-0.05, 0) is 111 Å². The van der Waals surface area contributed by atoms with Crippen LogP contribution in [-0.4, -0.2) is 58.6 Å². The van der Waals surface area contributed by atoms with Crippen LogP contribution in [0.5, 0.6) is 0 Å². The molecule has 3 N–H and O–H groups in total. The molecule has 6 heteroatoms. The summed E-state index contributed by atoms with van der Waals surface area (Å²) < 4.78 is 0. The van der Waals surface area contributed by atoms with Gasteiger partial charge in [-0.2, -0.15) is 5.10 Å². The van der Waals surface area contributed by atoms with E-state index in [1.165, 1.54) is 25.7 Å². The van der Waals surface area contributed by atoms with Gasteiger partial charge in [0.25, 0.3) is 0 Å². The first-order chi connectivity index (χ1) is 15.6. The monoisotopic (exact) mass is 456 g/mol. The summed E-state index contributed by atoms with van der Waals surface area (Å²) in [5.74, 6) is 2.36. The van der Waals surface area contributed by atoms with Gasteiger partial charge in [-0.25, -0.2) is 10.4 Å². The van der Waals surface area contributed by atoms with Crippen LogP contribution in [0.4, 0.5) is 0 Å². The number of allylic oxidation sites excluding steroid dienone is 1. The molecule has 184 valence electrons. The van der Waals surface area contributed by atoms with Crippen molar-refractivity contribution in [3.8, 4) is 0 Å². The summed E-state index contributed by atoms with van der Waals surface area (Å²) in [7, 11) is 2.01. The van der Waals surface area contributed by atoms with Crippen molar-refractivity contribution < 1.29 is 10.2 Å². The third kappa shape index (κ3) is 3.76. The highest BCUT2D eigenvalue weighted by Crippen LogP contribution is 2.68. The van der Waals surface area contributed by atoms with Gasteiger partial charge in [-0.1, -0.05) is 13.8 Å². The number of aliphatic hydroxyl groups is 2. The second-order valence-corrected chi connectivity index (χ2v) is 12.6. The van der Waals surface area contributed by atoms with E-state index in [1.807, 2.05) is 20.0 Å². The Hall–Kier alpha value is -1.40. The Kier molecular flexibility index (Phi) is 5.72. The maximum absolute atomic E-state index is 11.9. The predicted octanol–water partition coefficient (Wildman–Crippen LogP) is 4.09. The highest BCUT2D eigenvalue weighted by atomic mass is 16.3. The molecule has 0 aromatic heterocycles. The van der Waals surface area contributed by atoms with Crippen LogP contribution in [0.1, 0.15) is 85.0 Å². The highest BCUT2D eigenvalue weighted by Gasteiger charge is 2.65. The van der Waals surface area contributed by atoms with E-state index in [-0.39, 0.29) is 10.8 Å². The molecule has 4 saturated carbocycles. The van der Waals surface area contributed by atoms with Crippen LogP contribution in [0.15, 0.2) is 21.7 Å². The molecule has 7 atom stereocenters. The van der Waals surface area contributed by atoms with Crippen molar-refractivity contribution in [2.45, 2.75) is 96.2 Å². The number of aliphatic imine (C=N–C) groups is 1. The van der Waals surface area contributed by atoms with Crippen LogP contribution in [0.3, 0.4) is 0 Å². The van der Waals surface area contributed by atoms with E-state index in [2.05, 4.69) is 34.3 Å². The van der Waals surface area contributed by atoms with Crippen molar-refractivity contribution in [2.75, 3.05) is 20.1 Å². The second-order valence-electron chi connectivity index (χ2n) is 12.6. The molecule has 4 fully saturated rings. The second kappa shape index (κ2) is 8.08. The summed E-state index contributed by atoms with van der Waals surface area (Å²) in [6, 6.07) is 0. The number of hydrogen-bond acceptors (Lipinski definition) is 6. The molecule has 1 aliphatic heterocycles. The number of hydrazone groups is 1. The fourth-order valence-electron chi connectivity index (χ4n) is 8.67. The third-order valence-corrected chi connectivity index (χ3v) is 10.7. The SMILES string of the molecule is CC(/C=N/NC1=NCCN1C)=C\[C@]1(O)CC[C@@]2(C)[C@H](CC[C@@H]3[C@@H]2CC[C@]2(C)CCC[C@]32O)C1. The van der Waals surface area contributed by atoms with Crippen LogP contribution < -0.4 is 5.43 Å². The quantitative estimate of drug-likeness (QED) is 0.441. The van der Waals surface area contributed by atoms with Gasteiger partial charge in [0, 0.05) is 19.8 Å². The zero-order valence-electron chi connectivity index (χ0n) is 21.1. The number of nitrogens with one attached hydrogen (secondary N) is 1. The summed E-state index contributed by atoms with van der Waals surface area (Å²) >= 11 is 0. The average molecular weight is 457 g/mol. The number of hydrogen-bond donors (Lipinski definition) is 3. The van der Waals surface area contributed by atoms with Gasteiger partial charge in [0.2, 0.25) is 5.96 Å². The van der Waals surface area contributed by atoms with Crippen LogP contribution in [-0.2, 0) is 0 Å². The Morgan fingerprint density at radius 1 is 1.09 bits per heavy atom. The molecule has 0 radical (unpaired) electrons. The zero-order valence-corrected chi connectivity index (χ0v) is 21.1. The van der Waals surface area contributed by atoms with Gasteiger partial charge < -0.3 is 15.1 Å². The lowest BCUT2D eigenvalue weighted by Gasteiger charge is -2.63. The molecule has 6 nitrogen and oxygen atoms in total. The maximum Gasteiger partial charge on any atom is 0.214 e. The van der Waals surface area contributed by atoms with E-state index in [0.29, 0.717) is 17.8 Å². The zero-order chi connectivity index (χ0) is 23.5. The van der Waals surface area contributed by atoms with Gasteiger partial charge in [0.1, 0.15) is 0 Å². The molecule has 5 rings (SSSR count).